The van der Waals surface area contributed by atoms with Crippen LogP contribution in [0.15, 0.2) is 49.3 Å². The fourth-order valence-corrected chi connectivity index (χ4v) is 2.14. The lowest BCUT2D eigenvalue weighted by Crippen LogP contribution is -2.14. The molecule has 0 bridgehead atoms. The average molecular weight is 324 g/mol. The summed E-state index contributed by atoms with van der Waals surface area (Å²) >= 11 is 0. The third-order valence-electron chi connectivity index (χ3n) is 3.32. The van der Waals surface area contributed by atoms with Crippen molar-refractivity contribution in [2.24, 2.45) is 0 Å². The highest BCUT2D eigenvalue weighted by atomic mass is 16.6. The molecule has 9 nitrogen and oxygen atoms in total. The number of aromatic nitrogens is 4. The molecule has 2 heterocycles. The maximum absolute atomic E-state index is 12.3. The molecule has 1 amide bonds. The summed E-state index contributed by atoms with van der Waals surface area (Å²) in [4.78, 5) is 34.6. The van der Waals surface area contributed by atoms with Crippen LogP contribution in [0.1, 0.15) is 15.9 Å². The van der Waals surface area contributed by atoms with Crippen molar-refractivity contribution in [3.63, 3.8) is 0 Å². The van der Waals surface area contributed by atoms with Crippen LogP contribution in [-0.2, 0) is 0 Å². The topological polar surface area (TPSA) is 116 Å². The Morgan fingerprint density at radius 2 is 2.12 bits per heavy atom. The van der Waals surface area contributed by atoms with Gasteiger partial charge in [0, 0.05) is 35.7 Å². The zero-order valence-corrected chi connectivity index (χ0v) is 12.6. The van der Waals surface area contributed by atoms with Crippen molar-refractivity contribution in [2.75, 3.05) is 5.32 Å². The fourth-order valence-electron chi connectivity index (χ4n) is 2.14. The number of imidazole rings is 1. The zero-order chi connectivity index (χ0) is 17.1. The Kier molecular flexibility index (Phi) is 3.98. The number of nitrogens with one attached hydrogen (secondary N) is 1. The number of nitro groups is 1. The molecule has 0 radical (unpaired) electrons. The van der Waals surface area contributed by atoms with Crippen LogP contribution in [0.5, 0.6) is 0 Å². The molecular formula is C15H12N6O3. The number of nitrogens with zero attached hydrogens (tertiary/aromatic N) is 5. The molecule has 3 aromatic rings. The van der Waals surface area contributed by atoms with Crippen molar-refractivity contribution < 1.29 is 9.72 Å². The smallest absolute Gasteiger partial charge is 0.272 e. The van der Waals surface area contributed by atoms with Crippen LogP contribution in [0.25, 0.3) is 5.82 Å². The second-order valence-corrected chi connectivity index (χ2v) is 4.94. The van der Waals surface area contributed by atoms with Crippen molar-refractivity contribution in [3.05, 3.63) is 70.6 Å². The lowest BCUT2D eigenvalue weighted by Gasteiger charge is -2.07. The van der Waals surface area contributed by atoms with Gasteiger partial charge in [0.2, 0.25) is 0 Å². The SMILES string of the molecule is Cc1cc(C(=O)Nc2cc(-n3ccnc3)ncn2)ccc1[N+](=O)[O-]. The second kappa shape index (κ2) is 6.24. The van der Waals surface area contributed by atoms with Crippen LogP contribution in [0.3, 0.4) is 0 Å². The number of rotatable bonds is 4. The lowest BCUT2D eigenvalue weighted by molar-refractivity contribution is -0.385. The molecule has 120 valence electrons. The number of amides is 1. The van der Waals surface area contributed by atoms with Crippen molar-refractivity contribution in [2.45, 2.75) is 6.92 Å². The molecule has 2 aromatic heterocycles. The maximum atomic E-state index is 12.3. The van der Waals surface area contributed by atoms with Gasteiger partial charge in [0.05, 0.1) is 4.92 Å². The van der Waals surface area contributed by atoms with Crippen LogP contribution in [0, 0.1) is 17.0 Å². The van der Waals surface area contributed by atoms with E-state index in [9.17, 15) is 14.9 Å². The number of carbonyl (C=O) groups excluding carboxylic acids is 1. The van der Waals surface area contributed by atoms with Gasteiger partial charge < -0.3 is 5.32 Å². The first-order chi connectivity index (χ1) is 11.5. The number of benzene rings is 1. The summed E-state index contributed by atoms with van der Waals surface area (Å²) in [6.07, 6.45) is 6.23. The second-order valence-electron chi connectivity index (χ2n) is 4.94. The Morgan fingerprint density at radius 3 is 2.79 bits per heavy atom. The molecule has 0 atom stereocenters. The quantitative estimate of drug-likeness (QED) is 0.580. The normalized spacial score (nSPS) is 10.4. The molecule has 24 heavy (non-hydrogen) atoms. The van der Waals surface area contributed by atoms with Crippen LogP contribution in [-0.4, -0.2) is 30.3 Å². The van der Waals surface area contributed by atoms with Crippen molar-refractivity contribution in [3.8, 4) is 5.82 Å². The van der Waals surface area contributed by atoms with Crippen molar-refractivity contribution in [1.82, 2.24) is 19.5 Å². The van der Waals surface area contributed by atoms with Gasteiger partial charge in [0.15, 0.2) is 0 Å². The predicted molar refractivity (Wildman–Crippen MR) is 84.9 cm³/mol. The van der Waals surface area contributed by atoms with E-state index in [4.69, 9.17) is 0 Å². The van der Waals surface area contributed by atoms with Gasteiger partial charge in [-0.25, -0.2) is 15.0 Å². The first-order valence-electron chi connectivity index (χ1n) is 6.91. The third-order valence-corrected chi connectivity index (χ3v) is 3.32. The van der Waals surface area contributed by atoms with Gasteiger partial charge in [-0.1, -0.05) is 0 Å². The Labute approximate surface area is 136 Å². The first-order valence-corrected chi connectivity index (χ1v) is 6.91. The molecule has 1 N–H and O–H groups in total. The Balaban J connectivity index is 1.81. The predicted octanol–water partition coefficient (Wildman–Crippen LogP) is 2.13. The third kappa shape index (κ3) is 3.09. The zero-order valence-electron chi connectivity index (χ0n) is 12.6. The molecule has 1 aromatic carbocycles. The molecule has 0 saturated carbocycles. The minimum atomic E-state index is -0.487. The summed E-state index contributed by atoms with van der Waals surface area (Å²) in [5.74, 6) is 0.454. The largest absolute Gasteiger partial charge is 0.306 e. The van der Waals surface area contributed by atoms with Crippen LogP contribution < -0.4 is 5.32 Å². The highest BCUT2D eigenvalue weighted by Crippen LogP contribution is 2.19. The van der Waals surface area contributed by atoms with Crippen LogP contribution >= 0.6 is 0 Å². The lowest BCUT2D eigenvalue weighted by atomic mass is 10.1. The Bertz CT molecular complexity index is 907. The molecule has 0 aliphatic heterocycles. The van der Waals surface area contributed by atoms with E-state index < -0.39 is 10.8 Å². The van der Waals surface area contributed by atoms with Gasteiger partial charge in [-0.05, 0) is 19.1 Å². The van der Waals surface area contributed by atoms with E-state index in [1.807, 2.05) is 0 Å². The van der Waals surface area contributed by atoms with Gasteiger partial charge in [-0.3, -0.25) is 19.5 Å². The summed E-state index contributed by atoms with van der Waals surface area (Å²) in [6.45, 7) is 1.58. The highest BCUT2D eigenvalue weighted by Gasteiger charge is 2.14. The number of aryl methyl sites for hydroxylation is 1. The number of hydrogen-bond donors (Lipinski definition) is 1. The van der Waals surface area contributed by atoms with Crippen molar-refractivity contribution >= 4 is 17.4 Å². The summed E-state index contributed by atoms with van der Waals surface area (Å²) in [5, 5.41) is 13.5. The number of hydrogen-bond acceptors (Lipinski definition) is 6. The molecular weight excluding hydrogens is 312 g/mol. The molecule has 3 rings (SSSR count). The number of anilines is 1. The van der Waals surface area contributed by atoms with E-state index in [2.05, 4.69) is 20.3 Å². The molecule has 0 aliphatic rings. The molecule has 0 saturated heterocycles. The standard InChI is InChI=1S/C15H12N6O3/c1-10-6-11(2-3-12(10)21(23)24)15(22)19-13-7-14(18-8-17-13)20-5-4-16-9-20/h2-9H,1H3,(H,17,18,19,22). The van der Waals surface area contributed by atoms with E-state index in [0.29, 0.717) is 22.8 Å². The summed E-state index contributed by atoms with van der Waals surface area (Å²) in [6, 6.07) is 5.77. The highest BCUT2D eigenvalue weighted by molar-refractivity contribution is 6.04. The Hall–Kier alpha value is -3.62. The van der Waals surface area contributed by atoms with Gasteiger partial charge >= 0.3 is 0 Å². The van der Waals surface area contributed by atoms with Gasteiger partial charge in [0.25, 0.3) is 11.6 Å². The Morgan fingerprint density at radius 1 is 1.29 bits per heavy atom. The van der Waals surface area contributed by atoms with E-state index in [-0.39, 0.29) is 5.69 Å². The minimum absolute atomic E-state index is 0.0315. The summed E-state index contributed by atoms with van der Waals surface area (Å²) in [5.41, 5.74) is 0.686. The van der Waals surface area contributed by atoms with Crippen LogP contribution in [0.4, 0.5) is 11.5 Å². The fraction of sp³-hybridized carbons (Fsp3) is 0.0667. The van der Waals surface area contributed by atoms with Gasteiger partial charge in [-0.15, -0.1) is 0 Å². The monoisotopic (exact) mass is 324 g/mol. The van der Waals surface area contributed by atoms with E-state index in [1.165, 1.54) is 24.5 Å². The minimum Gasteiger partial charge on any atom is -0.306 e. The average Bonchev–Trinajstić information content (AvgIpc) is 3.09. The molecule has 9 heteroatoms. The summed E-state index contributed by atoms with van der Waals surface area (Å²) in [7, 11) is 0. The van der Waals surface area contributed by atoms with Gasteiger partial charge in [-0.2, -0.15) is 0 Å². The van der Waals surface area contributed by atoms with Crippen LogP contribution in [0.2, 0.25) is 0 Å². The molecule has 0 unspecified atom stereocenters. The summed E-state index contributed by atoms with van der Waals surface area (Å²) < 4.78 is 1.67. The molecule has 0 aliphatic carbocycles. The van der Waals surface area contributed by atoms with E-state index in [0.717, 1.165) is 0 Å². The number of carbonyl (C=O) groups is 1. The maximum Gasteiger partial charge on any atom is 0.272 e. The first kappa shape index (κ1) is 15.3. The van der Waals surface area contributed by atoms with E-state index in [1.54, 1.807) is 36.3 Å². The molecule has 0 spiro atoms. The van der Waals surface area contributed by atoms with Crippen molar-refractivity contribution in [1.29, 1.82) is 0 Å². The molecule has 0 fully saturated rings. The number of nitro benzene ring substituents is 1. The van der Waals surface area contributed by atoms with E-state index >= 15 is 0 Å². The van der Waals surface area contributed by atoms with Gasteiger partial charge in [0.1, 0.15) is 24.3 Å².